The monoisotopic (exact) mass is 447 g/mol. The molecule has 0 spiro atoms. The van der Waals surface area contributed by atoms with Crippen LogP contribution in [0.1, 0.15) is 95.9 Å². The van der Waals surface area contributed by atoms with Gasteiger partial charge in [0.15, 0.2) is 0 Å². The number of nitrogens with one attached hydrogen (secondary N) is 1. The molecule has 2 aromatic rings. The maximum atomic E-state index is 12.4. The van der Waals surface area contributed by atoms with Crippen LogP contribution >= 0.6 is 0 Å². The molecule has 1 aliphatic heterocycles. The summed E-state index contributed by atoms with van der Waals surface area (Å²) >= 11 is 0. The first-order valence-corrected chi connectivity index (χ1v) is 12.7. The fourth-order valence-electron chi connectivity index (χ4n) is 4.39. The number of rotatable bonds is 16. The van der Waals surface area contributed by atoms with Crippen molar-refractivity contribution in [2.24, 2.45) is 0 Å². The van der Waals surface area contributed by atoms with Gasteiger partial charge < -0.3 is 19.6 Å². The topological polar surface area (TPSA) is 89.4 Å². The molecule has 0 radical (unpaired) electrons. The van der Waals surface area contributed by atoms with Gasteiger partial charge in [0, 0.05) is 30.5 Å². The van der Waals surface area contributed by atoms with Crippen LogP contribution in [0.3, 0.4) is 0 Å². The zero-order valence-electron chi connectivity index (χ0n) is 19.7. The Kier molecular flexibility index (Phi) is 10.7. The number of nitrogens with zero attached hydrogens (tertiary/aromatic N) is 2. The highest BCUT2D eigenvalue weighted by Gasteiger charge is 2.27. The number of H-pyrrole nitrogens is 1. The highest BCUT2D eigenvalue weighted by atomic mass is 16.5. The summed E-state index contributed by atoms with van der Waals surface area (Å²) in [6.07, 6.45) is 16.2. The number of ether oxygens (including phenoxy) is 2. The summed E-state index contributed by atoms with van der Waals surface area (Å²) in [7, 11) is 0. The van der Waals surface area contributed by atoms with Gasteiger partial charge in [-0.3, -0.25) is 4.57 Å². The van der Waals surface area contributed by atoms with E-state index in [4.69, 9.17) is 9.47 Å². The molecule has 0 bridgehead atoms. The Bertz CT molecular complexity index is 847. The molecule has 0 unspecified atom stereocenters. The third kappa shape index (κ3) is 7.71. The Morgan fingerprint density at radius 1 is 1.09 bits per heavy atom. The zero-order valence-corrected chi connectivity index (χ0v) is 19.7. The third-order valence-electron chi connectivity index (χ3n) is 6.31. The normalized spacial score (nSPS) is 18.7. The molecule has 3 heterocycles. The fraction of sp³-hybridized carbons (Fsp3) is 0.760. The second-order valence-electron chi connectivity index (χ2n) is 9.05. The van der Waals surface area contributed by atoms with E-state index in [1.807, 2.05) is 6.20 Å². The van der Waals surface area contributed by atoms with Gasteiger partial charge in [0.2, 0.25) is 0 Å². The van der Waals surface area contributed by atoms with Gasteiger partial charge in [-0.05, 0) is 44.6 Å². The van der Waals surface area contributed by atoms with Crippen LogP contribution in [-0.2, 0) is 15.9 Å². The van der Waals surface area contributed by atoms with Gasteiger partial charge in [-0.1, -0.05) is 51.9 Å². The minimum absolute atomic E-state index is 0.0111. The van der Waals surface area contributed by atoms with Crippen LogP contribution in [0.5, 0.6) is 0 Å². The summed E-state index contributed by atoms with van der Waals surface area (Å²) in [6.45, 7) is 4.05. The summed E-state index contributed by atoms with van der Waals surface area (Å²) < 4.78 is 13.0. The van der Waals surface area contributed by atoms with Crippen LogP contribution in [0.15, 0.2) is 17.1 Å². The Balaban J connectivity index is 1.31. The van der Waals surface area contributed by atoms with Gasteiger partial charge >= 0.3 is 5.69 Å². The van der Waals surface area contributed by atoms with E-state index < -0.39 is 0 Å². The lowest BCUT2D eigenvalue weighted by molar-refractivity contribution is -0.0243. The molecule has 1 aliphatic rings. The number of aliphatic hydroxyl groups excluding tert-OH is 1. The second-order valence-corrected chi connectivity index (χ2v) is 9.05. The maximum absolute atomic E-state index is 12.4. The van der Waals surface area contributed by atoms with Crippen molar-refractivity contribution >= 4 is 11.0 Å². The van der Waals surface area contributed by atoms with E-state index in [0.717, 1.165) is 50.0 Å². The zero-order chi connectivity index (χ0) is 22.6. The molecule has 180 valence electrons. The first-order chi connectivity index (χ1) is 15.7. The van der Waals surface area contributed by atoms with Crippen LogP contribution in [-0.4, -0.2) is 45.6 Å². The Morgan fingerprint density at radius 2 is 1.81 bits per heavy atom. The first-order valence-electron chi connectivity index (χ1n) is 12.7. The van der Waals surface area contributed by atoms with Crippen LogP contribution in [0.25, 0.3) is 11.0 Å². The molecule has 0 aliphatic carbocycles. The maximum Gasteiger partial charge on any atom is 0.351 e. The van der Waals surface area contributed by atoms with Crippen LogP contribution in [0.4, 0.5) is 0 Å². The molecule has 32 heavy (non-hydrogen) atoms. The molecule has 0 amide bonds. The van der Waals surface area contributed by atoms with Gasteiger partial charge in [-0.2, -0.15) is 4.98 Å². The SMILES string of the molecule is CCCCCOCCCCCCCCCc1cc2cn([C@@H]3CC[C@H](CO)O3)c(=O)nc2[nH]1. The lowest BCUT2D eigenvalue weighted by atomic mass is 10.1. The minimum atomic E-state index is -0.331. The molecule has 2 aromatic heterocycles. The Morgan fingerprint density at radius 3 is 2.53 bits per heavy atom. The van der Waals surface area contributed by atoms with E-state index in [2.05, 4.69) is 23.0 Å². The quantitative estimate of drug-likeness (QED) is 0.358. The van der Waals surface area contributed by atoms with E-state index in [-0.39, 0.29) is 24.6 Å². The molecule has 2 N–H and O–H groups in total. The minimum Gasteiger partial charge on any atom is -0.394 e. The highest BCUT2D eigenvalue weighted by molar-refractivity contribution is 5.75. The van der Waals surface area contributed by atoms with Gasteiger partial charge in [0.05, 0.1) is 12.7 Å². The summed E-state index contributed by atoms with van der Waals surface area (Å²) in [5.74, 6) is 0. The van der Waals surface area contributed by atoms with Crippen molar-refractivity contribution < 1.29 is 14.6 Å². The van der Waals surface area contributed by atoms with E-state index in [1.54, 1.807) is 4.57 Å². The molecule has 3 rings (SSSR count). The van der Waals surface area contributed by atoms with Crippen LogP contribution in [0.2, 0.25) is 0 Å². The van der Waals surface area contributed by atoms with Gasteiger partial charge in [0.1, 0.15) is 11.9 Å². The highest BCUT2D eigenvalue weighted by Crippen LogP contribution is 2.27. The predicted octanol–water partition coefficient (Wildman–Crippen LogP) is 4.87. The third-order valence-corrected chi connectivity index (χ3v) is 6.31. The average molecular weight is 448 g/mol. The number of unbranched alkanes of at least 4 members (excludes halogenated alkanes) is 8. The molecule has 7 heteroatoms. The Labute approximate surface area is 191 Å². The lowest BCUT2D eigenvalue weighted by Gasteiger charge is -2.14. The van der Waals surface area contributed by atoms with Crippen molar-refractivity contribution in [3.8, 4) is 0 Å². The van der Waals surface area contributed by atoms with E-state index in [1.165, 1.54) is 57.8 Å². The second kappa shape index (κ2) is 13.8. The van der Waals surface area contributed by atoms with Gasteiger partial charge in [-0.25, -0.2) is 4.79 Å². The van der Waals surface area contributed by atoms with E-state index in [9.17, 15) is 9.90 Å². The van der Waals surface area contributed by atoms with Crippen LogP contribution in [0, 0.1) is 0 Å². The number of aliphatic hydroxyl groups is 1. The molecule has 7 nitrogen and oxygen atoms in total. The van der Waals surface area contributed by atoms with Crippen molar-refractivity contribution in [1.29, 1.82) is 0 Å². The van der Waals surface area contributed by atoms with Gasteiger partial charge in [-0.15, -0.1) is 0 Å². The molecule has 1 saturated heterocycles. The van der Waals surface area contributed by atoms with Crippen molar-refractivity contribution in [1.82, 2.24) is 14.5 Å². The lowest BCUT2D eigenvalue weighted by Crippen LogP contribution is -2.27. The van der Waals surface area contributed by atoms with E-state index >= 15 is 0 Å². The predicted molar refractivity (Wildman–Crippen MR) is 127 cm³/mol. The average Bonchev–Trinajstić information content (AvgIpc) is 3.42. The summed E-state index contributed by atoms with van der Waals surface area (Å²) in [5.41, 5.74) is 1.47. The number of aromatic amines is 1. The van der Waals surface area contributed by atoms with Crippen molar-refractivity contribution in [3.63, 3.8) is 0 Å². The largest absolute Gasteiger partial charge is 0.394 e. The number of hydrogen-bond acceptors (Lipinski definition) is 5. The molecule has 0 saturated carbocycles. The number of aryl methyl sites for hydroxylation is 1. The van der Waals surface area contributed by atoms with Crippen molar-refractivity contribution in [2.75, 3.05) is 19.8 Å². The smallest absolute Gasteiger partial charge is 0.351 e. The molecular formula is C25H41N3O4. The van der Waals surface area contributed by atoms with Gasteiger partial charge in [0.25, 0.3) is 0 Å². The number of hydrogen-bond donors (Lipinski definition) is 2. The molecular weight excluding hydrogens is 406 g/mol. The first kappa shape index (κ1) is 24.9. The molecule has 2 atom stereocenters. The standard InChI is InChI=1S/C25H41N3O4/c1-2-3-10-15-31-16-11-8-6-4-5-7-9-12-21-17-20-18-28(25(30)27-24(20)26-21)23-14-13-22(19-29)32-23/h17-18,22-23,29H,2-16,19H2,1H3,(H,26,27,30)/t22-,23+/m1/s1. The van der Waals surface area contributed by atoms with Crippen molar-refractivity contribution in [2.45, 2.75) is 103 Å². The summed E-state index contributed by atoms with van der Waals surface area (Å²) in [5, 5.41) is 10.2. The van der Waals surface area contributed by atoms with Crippen LogP contribution < -0.4 is 5.69 Å². The fourth-order valence-corrected chi connectivity index (χ4v) is 4.39. The summed E-state index contributed by atoms with van der Waals surface area (Å²) in [6, 6.07) is 2.09. The molecule has 1 fully saturated rings. The number of fused-ring (bicyclic) bond motifs is 1. The van der Waals surface area contributed by atoms with E-state index in [0.29, 0.717) is 5.65 Å². The molecule has 0 aromatic carbocycles. The number of aromatic nitrogens is 3. The Hall–Kier alpha value is -1.70. The van der Waals surface area contributed by atoms with Crippen molar-refractivity contribution in [3.05, 3.63) is 28.4 Å². The summed E-state index contributed by atoms with van der Waals surface area (Å²) in [4.78, 5) is 19.9.